The van der Waals surface area contributed by atoms with E-state index in [-0.39, 0.29) is 47.7 Å². The second-order valence-electron chi connectivity index (χ2n) is 9.32. The van der Waals surface area contributed by atoms with Crippen LogP contribution < -0.4 is 5.32 Å². The number of rotatable bonds is 6. The normalized spacial score (nSPS) is 22.5. The van der Waals surface area contributed by atoms with Gasteiger partial charge in [0.2, 0.25) is 5.91 Å². The van der Waals surface area contributed by atoms with Gasteiger partial charge in [-0.3, -0.25) is 14.4 Å². The van der Waals surface area contributed by atoms with Crippen LogP contribution in [0.5, 0.6) is 0 Å². The molecule has 2 aliphatic rings. The lowest BCUT2D eigenvalue weighted by molar-refractivity contribution is -0.137. The molecule has 0 spiro atoms. The molecule has 3 rings (SSSR count). The van der Waals surface area contributed by atoms with Gasteiger partial charge in [0.05, 0.1) is 6.10 Å². The Morgan fingerprint density at radius 1 is 1.24 bits per heavy atom. The van der Waals surface area contributed by atoms with Crippen LogP contribution in [0.15, 0.2) is 24.3 Å². The van der Waals surface area contributed by atoms with E-state index in [0.29, 0.717) is 31.5 Å². The molecule has 2 saturated heterocycles. The van der Waals surface area contributed by atoms with E-state index in [9.17, 15) is 14.4 Å². The van der Waals surface area contributed by atoms with Crippen molar-refractivity contribution in [1.29, 1.82) is 0 Å². The lowest BCUT2D eigenvalue weighted by atomic mass is 9.87. The molecule has 0 radical (unpaired) electrons. The molecule has 2 heterocycles. The number of ether oxygens (including phenoxy) is 1. The van der Waals surface area contributed by atoms with E-state index in [0.717, 1.165) is 6.42 Å². The van der Waals surface area contributed by atoms with Crippen molar-refractivity contribution in [3.05, 3.63) is 35.4 Å². The SMILES string of the molecule is CC(CCNC(=O)c1ccc(C(C)(C)C)cc1)CC(=O)N1CCC2OCC(=O)C21. The minimum atomic E-state index is -0.384. The highest BCUT2D eigenvalue weighted by molar-refractivity contribution is 5.94. The highest BCUT2D eigenvalue weighted by Gasteiger charge is 2.46. The maximum absolute atomic E-state index is 12.6. The van der Waals surface area contributed by atoms with Crippen molar-refractivity contribution in [2.45, 2.75) is 64.5 Å². The van der Waals surface area contributed by atoms with Gasteiger partial charge in [-0.15, -0.1) is 0 Å². The number of nitrogens with one attached hydrogen (secondary N) is 1. The minimum Gasteiger partial charge on any atom is -0.368 e. The molecule has 158 valence electrons. The van der Waals surface area contributed by atoms with Crippen LogP contribution >= 0.6 is 0 Å². The Morgan fingerprint density at radius 3 is 2.59 bits per heavy atom. The van der Waals surface area contributed by atoms with Gasteiger partial charge in [0.15, 0.2) is 5.78 Å². The molecular weight excluding hydrogens is 368 g/mol. The van der Waals surface area contributed by atoms with Gasteiger partial charge in [-0.25, -0.2) is 0 Å². The molecule has 2 amide bonds. The number of fused-ring (bicyclic) bond motifs is 1. The molecule has 1 aromatic rings. The standard InChI is InChI=1S/C23H32N2O4/c1-15(13-20(27)25-12-10-19-21(25)18(26)14-29-19)9-11-24-22(28)16-5-7-17(8-6-16)23(2,3)4/h5-8,15,19,21H,9-14H2,1-4H3,(H,24,28). The number of hydrogen-bond donors (Lipinski definition) is 1. The molecule has 6 nitrogen and oxygen atoms in total. The first-order valence-corrected chi connectivity index (χ1v) is 10.5. The van der Waals surface area contributed by atoms with E-state index in [4.69, 9.17) is 4.74 Å². The first-order chi connectivity index (χ1) is 13.7. The third kappa shape index (κ3) is 5.04. The first kappa shape index (κ1) is 21.5. The smallest absolute Gasteiger partial charge is 0.251 e. The summed E-state index contributed by atoms with van der Waals surface area (Å²) >= 11 is 0. The van der Waals surface area contributed by atoms with Crippen LogP contribution in [0.25, 0.3) is 0 Å². The number of amides is 2. The van der Waals surface area contributed by atoms with E-state index in [1.807, 2.05) is 31.2 Å². The van der Waals surface area contributed by atoms with Gasteiger partial charge in [0, 0.05) is 25.1 Å². The number of hydrogen-bond acceptors (Lipinski definition) is 4. The van der Waals surface area contributed by atoms with Crippen molar-refractivity contribution in [1.82, 2.24) is 10.2 Å². The highest BCUT2D eigenvalue weighted by atomic mass is 16.5. The topological polar surface area (TPSA) is 75.7 Å². The van der Waals surface area contributed by atoms with Gasteiger partial charge in [0.1, 0.15) is 12.6 Å². The molecule has 0 bridgehead atoms. The lowest BCUT2D eigenvalue weighted by Gasteiger charge is -2.23. The second-order valence-corrected chi connectivity index (χ2v) is 9.32. The second kappa shape index (κ2) is 8.66. The Morgan fingerprint density at radius 2 is 1.93 bits per heavy atom. The average molecular weight is 401 g/mol. The maximum Gasteiger partial charge on any atom is 0.251 e. The fraction of sp³-hybridized carbons (Fsp3) is 0.609. The predicted octanol–water partition coefficient (Wildman–Crippen LogP) is 2.70. The van der Waals surface area contributed by atoms with Gasteiger partial charge in [0.25, 0.3) is 5.91 Å². The van der Waals surface area contributed by atoms with E-state index in [2.05, 4.69) is 26.1 Å². The molecule has 29 heavy (non-hydrogen) atoms. The van der Waals surface area contributed by atoms with Crippen molar-refractivity contribution in [3.8, 4) is 0 Å². The van der Waals surface area contributed by atoms with Crippen LogP contribution in [-0.2, 0) is 19.7 Å². The molecule has 6 heteroatoms. The number of carbonyl (C=O) groups is 3. The lowest BCUT2D eigenvalue weighted by Crippen LogP contribution is -2.42. The van der Waals surface area contributed by atoms with Crippen molar-refractivity contribution in [3.63, 3.8) is 0 Å². The monoisotopic (exact) mass is 400 g/mol. The largest absolute Gasteiger partial charge is 0.368 e. The van der Waals surface area contributed by atoms with Crippen LogP contribution in [-0.4, -0.2) is 54.3 Å². The summed E-state index contributed by atoms with van der Waals surface area (Å²) in [7, 11) is 0. The van der Waals surface area contributed by atoms with Gasteiger partial charge in [-0.2, -0.15) is 0 Å². The van der Waals surface area contributed by atoms with Crippen LogP contribution in [0.1, 0.15) is 62.9 Å². The molecule has 0 aromatic heterocycles. The number of likely N-dealkylation sites (tertiary alicyclic amines) is 1. The summed E-state index contributed by atoms with van der Waals surface area (Å²) in [6.07, 6.45) is 1.71. The Hall–Kier alpha value is -2.21. The Kier molecular flexibility index (Phi) is 6.42. The average Bonchev–Trinajstić information content (AvgIpc) is 3.24. The highest BCUT2D eigenvalue weighted by Crippen LogP contribution is 2.28. The maximum atomic E-state index is 12.6. The zero-order valence-electron chi connectivity index (χ0n) is 17.9. The molecule has 1 N–H and O–H groups in total. The van der Waals surface area contributed by atoms with Crippen LogP contribution in [0.4, 0.5) is 0 Å². The zero-order chi connectivity index (χ0) is 21.2. The fourth-order valence-electron chi connectivity index (χ4n) is 4.05. The third-order valence-electron chi connectivity index (χ3n) is 5.89. The number of Topliss-reactive ketones (excluding diaryl/α,β-unsaturated/α-hetero) is 1. The predicted molar refractivity (Wildman–Crippen MR) is 111 cm³/mol. The molecule has 2 aliphatic heterocycles. The van der Waals surface area contributed by atoms with Crippen LogP contribution in [0.2, 0.25) is 0 Å². The Labute approximate surface area is 173 Å². The first-order valence-electron chi connectivity index (χ1n) is 10.5. The summed E-state index contributed by atoms with van der Waals surface area (Å²) in [5.74, 6) is 0.0498. The van der Waals surface area contributed by atoms with Gasteiger partial charge < -0.3 is 15.0 Å². The van der Waals surface area contributed by atoms with Gasteiger partial charge >= 0.3 is 0 Å². The molecule has 0 saturated carbocycles. The molecule has 3 unspecified atom stereocenters. The number of benzene rings is 1. The Balaban J connectivity index is 1.42. The van der Waals surface area contributed by atoms with E-state index < -0.39 is 0 Å². The summed E-state index contributed by atoms with van der Waals surface area (Å²) in [6, 6.07) is 7.31. The summed E-state index contributed by atoms with van der Waals surface area (Å²) in [5.41, 5.74) is 1.89. The van der Waals surface area contributed by atoms with E-state index in [1.165, 1.54) is 5.56 Å². The minimum absolute atomic E-state index is 0.00736. The quantitative estimate of drug-likeness (QED) is 0.797. The van der Waals surface area contributed by atoms with Crippen molar-refractivity contribution < 1.29 is 19.1 Å². The van der Waals surface area contributed by atoms with E-state index >= 15 is 0 Å². The van der Waals surface area contributed by atoms with Crippen LogP contribution in [0, 0.1) is 5.92 Å². The summed E-state index contributed by atoms with van der Waals surface area (Å²) in [5, 5.41) is 2.94. The van der Waals surface area contributed by atoms with Crippen LogP contribution in [0.3, 0.4) is 0 Å². The molecule has 1 aromatic carbocycles. The van der Waals surface area contributed by atoms with Gasteiger partial charge in [-0.05, 0) is 41.9 Å². The Bertz CT molecular complexity index is 766. The third-order valence-corrected chi connectivity index (χ3v) is 5.89. The molecule has 3 atom stereocenters. The molecular formula is C23H32N2O4. The number of nitrogens with zero attached hydrogens (tertiary/aromatic N) is 1. The van der Waals surface area contributed by atoms with Gasteiger partial charge in [-0.1, -0.05) is 39.8 Å². The summed E-state index contributed by atoms with van der Waals surface area (Å²) in [4.78, 5) is 38.6. The molecule has 2 fully saturated rings. The number of carbonyl (C=O) groups excluding carboxylic acids is 3. The van der Waals surface area contributed by atoms with Crippen molar-refractivity contribution in [2.75, 3.05) is 19.7 Å². The van der Waals surface area contributed by atoms with E-state index in [1.54, 1.807) is 4.90 Å². The fourth-order valence-corrected chi connectivity index (χ4v) is 4.05. The molecule has 0 aliphatic carbocycles. The zero-order valence-corrected chi connectivity index (χ0v) is 17.9. The summed E-state index contributed by atoms with van der Waals surface area (Å²) < 4.78 is 5.44. The van der Waals surface area contributed by atoms with Crippen molar-refractivity contribution in [2.24, 2.45) is 5.92 Å². The number of ketones is 1. The van der Waals surface area contributed by atoms with Crippen molar-refractivity contribution >= 4 is 17.6 Å². The summed E-state index contributed by atoms with van der Waals surface area (Å²) in [6.45, 7) is 9.66.